The average Bonchev–Trinajstić information content (AvgIpc) is 2.76. The van der Waals surface area contributed by atoms with Crippen molar-refractivity contribution in [2.75, 3.05) is 0 Å². The van der Waals surface area contributed by atoms with E-state index in [1.807, 2.05) is 32.9 Å². The molecule has 0 saturated carbocycles. The molecule has 2 aromatic heterocycles. The molecule has 5 nitrogen and oxygen atoms in total. The van der Waals surface area contributed by atoms with Gasteiger partial charge >= 0.3 is 0 Å². The summed E-state index contributed by atoms with van der Waals surface area (Å²) in [7, 11) is 0. The van der Waals surface area contributed by atoms with Crippen LogP contribution < -0.4 is 5.73 Å². The van der Waals surface area contributed by atoms with E-state index in [-0.39, 0.29) is 6.04 Å². The molecule has 0 amide bonds. The Morgan fingerprint density at radius 2 is 2.06 bits per heavy atom. The normalized spacial score (nSPS) is 12.7. The molecule has 0 aliphatic carbocycles. The molecule has 2 aromatic rings. The predicted octanol–water partition coefficient (Wildman–Crippen LogP) is 2.16. The van der Waals surface area contributed by atoms with Gasteiger partial charge in [0.15, 0.2) is 0 Å². The summed E-state index contributed by atoms with van der Waals surface area (Å²) in [6, 6.07) is 3.73. The van der Waals surface area contributed by atoms with Crippen LogP contribution in [0.2, 0.25) is 0 Å². The second-order valence-corrected chi connectivity index (χ2v) is 4.14. The van der Waals surface area contributed by atoms with Crippen molar-refractivity contribution in [1.29, 1.82) is 0 Å². The van der Waals surface area contributed by atoms with Crippen LogP contribution in [0.25, 0.3) is 11.5 Å². The van der Waals surface area contributed by atoms with E-state index >= 15 is 0 Å². The van der Waals surface area contributed by atoms with Gasteiger partial charge in [-0.1, -0.05) is 12.1 Å². The SMILES string of the molecule is CC[C@H](N)c1nc(-c2cc(C)cc(C)n2)no1. The summed E-state index contributed by atoms with van der Waals surface area (Å²) < 4.78 is 5.13. The Bertz CT molecular complexity index is 501. The number of nitrogens with two attached hydrogens (primary N) is 1. The van der Waals surface area contributed by atoms with Crippen molar-refractivity contribution < 1.29 is 4.52 Å². The van der Waals surface area contributed by atoms with E-state index < -0.39 is 0 Å². The fraction of sp³-hybridized carbons (Fsp3) is 0.417. The van der Waals surface area contributed by atoms with Crippen LogP contribution in [0.4, 0.5) is 0 Å². The van der Waals surface area contributed by atoms with Crippen LogP contribution in [-0.2, 0) is 0 Å². The van der Waals surface area contributed by atoms with E-state index in [1.54, 1.807) is 0 Å². The molecule has 2 heterocycles. The fourth-order valence-corrected chi connectivity index (χ4v) is 1.62. The van der Waals surface area contributed by atoms with Crippen molar-refractivity contribution in [2.45, 2.75) is 33.2 Å². The minimum atomic E-state index is -0.206. The Balaban J connectivity index is 2.36. The summed E-state index contributed by atoms with van der Waals surface area (Å²) in [6.45, 7) is 5.93. The van der Waals surface area contributed by atoms with Crippen LogP contribution >= 0.6 is 0 Å². The first-order valence-corrected chi connectivity index (χ1v) is 5.65. The third-order valence-electron chi connectivity index (χ3n) is 2.53. The van der Waals surface area contributed by atoms with E-state index in [9.17, 15) is 0 Å². The Morgan fingerprint density at radius 1 is 1.29 bits per heavy atom. The highest BCUT2D eigenvalue weighted by Crippen LogP contribution is 2.18. The van der Waals surface area contributed by atoms with E-state index in [0.717, 1.165) is 23.4 Å². The zero-order valence-electron chi connectivity index (χ0n) is 10.3. The van der Waals surface area contributed by atoms with E-state index in [0.29, 0.717) is 11.7 Å². The van der Waals surface area contributed by atoms with Crippen molar-refractivity contribution in [2.24, 2.45) is 5.73 Å². The molecule has 0 aliphatic rings. The quantitative estimate of drug-likeness (QED) is 0.877. The largest absolute Gasteiger partial charge is 0.337 e. The van der Waals surface area contributed by atoms with Crippen molar-refractivity contribution in [3.05, 3.63) is 29.3 Å². The molecule has 0 aromatic carbocycles. The Labute approximate surface area is 100 Å². The average molecular weight is 232 g/mol. The van der Waals surface area contributed by atoms with Crippen LogP contribution in [-0.4, -0.2) is 15.1 Å². The number of aromatic nitrogens is 3. The highest BCUT2D eigenvalue weighted by molar-refractivity contribution is 5.50. The second-order valence-electron chi connectivity index (χ2n) is 4.14. The zero-order valence-corrected chi connectivity index (χ0v) is 10.3. The standard InChI is InChI=1S/C12H16N4O/c1-4-9(13)12-15-11(16-17-12)10-6-7(2)5-8(3)14-10/h5-6,9H,4,13H2,1-3H3/t9-/m0/s1. The van der Waals surface area contributed by atoms with E-state index in [2.05, 4.69) is 15.1 Å². The summed E-state index contributed by atoms with van der Waals surface area (Å²) in [4.78, 5) is 8.65. The minimum absolute atomic E-state index is 0.206. The van der Waals surface area contributed by atoms with Gasteiger partial charge in [0.25, 0.3) is 0 Å². The summed E-state index contributed by atoms with van der Waals surface area (Å²) in [5.41, 5.74) is 8.61. The van der Waals surface area contributed by atoms with Crippen LogP contribution in [0, 0.1) is 13.8 Å². The lowest BCUT2D eigenvalue weighted by molar-refractivity contribution is 0.352. The summed E-state index contributed by atoms with van der Waals surface area (Å²) in [5.74, 6) is 0.958. The lowest BCUT2D eigenvalue weighted by atomic mass is 10.2. The van der Waals surface area contributed by atoms with Gasteiger partial charge in [0.2, 0.25) is 11.7 Å². The molecule has 17 heavy (non-hydrogen) atoms. The van der Waals surface area contributed by atoms with Gasteiger partial charge in [-0.25, -0.2) is 4.98 Å². The van der Waals surface area contributed by atoms with Gasteiger partial charge in [0, 0.05) is 5.69 Å². The van der Waals surface area contributed by atoms with Gasteiger partial charge in [0.05, 0.1) is 6.04 Å². The van der Waals surface area contributed by atoms with Gasteiger partial charge < -0.3 is 10.3 Å². The van der Waals surface area contributed by atoms with E-state index in [1.165, 1.54) is 0 Å². The maximum absolute atomic E-state index is 5.83. The first-order chi connectivity index (χ1) is 8.10. The van der Waals surface area contributed by atoms with Crippen LogP contribution in [0.3, 0.4) is 0 Å². The maximum atomic E-state index is 5.83. The molecule has 1 atom stereocenters. The Morgan fingerprint density at radius 3 is 2.71 bits per heavy atom. The van der Waals surface area contributed by atoms with Gasteiger partial charge in [-0.2, -0.15) is 4.98 Å². The fourth-order valence-electron chi connectivity index (χ4n) is 1.62. The maximum Gasteiger partial charge on any atom is 0.243 e. The lowest BCUT2D eigenvalue weighted by Gasteiger charge is -2.00. The van der Waals surface area contributed by atoms with Crippen LogP contribution in [0.15, 0.2) is 16.7 Å². The number of aryl methyl sites for hydroxylation is 2. The first kappa shape index (κ1) is 11.7. The molecular weight excluding hydrogens is 216 g/mol. The van der Waals surface area contributed by atoms with E-state index in [4.69, 9.17) is 10.3 Å². The monoisotopic (exact) mass is 232 g/mol. The van der Waals surface area contributed by atoms with Crippen LogP contribution in [0.5, 0.6) is 0 Å². The van der Waals surface area contributed by atoms with Crippen molar-refractivity contribution in [3.8, 4) is 11.5 Å². The molecule has 0 bridgehead atoms. The Hall–Kier alpha value is -1.75. The summed E-state index contributed by atoms with van der Waals surface area (Å²) in [6.07, 6.45) is 0.766. The lowest BCUT2D eigenvalue weighted by Crippen LogP contribution is -2.08. The smallest absolute Gasteiger partial charge is 0.243 e. The molecule has 0 unspecified atom stereocenters. The van der Waals surface area contributed by atoms with Crippen molar-refractivity contribution in [3.63, 3.8) is 0 Å². The number of hydrogen-bond donors (Lipinski definition) is 1. The molecule has 0 radical (unpaired) electrons. The van der Waals surface area contributed by atoms with Gasteiger partial charge in [-0.05, 0) is 38.0 Å². The topological polar surface area (TPSA) is 77.8 Å². The van der Waals surface area contributed by atoms with Gasteiger partial charge in [-0.3, -0.25) is 0 Å². The number of hydrogen-bond acceptors (Lipinski definition) is 5. The molecule has 0 fully saturated rings. The van der Waals surface area contributed by atoms with Crippen LogP contribution in [0.1, 0.15) is 36.5 Å². The molecule has 0 spiro atoms. The van der Waals surface area contributed by atoms with Crippen molar-refractivity contribution >= 4 is 0 Å². The molecule has 90 valence electrons. The third-order valence-corrected chi connectivity index (χ3v) is 2.53. The molecule has 2 rings (SSSR count). The second kappa shape index (κ2) is 4.63. The molecular formula is C12H16N4O. The van der Waals surface area contributed by atoms with Crippen molar-refractivity contribution in [1.82, 2.24) is 15.1 Å². The summed E-state index contributed by atoms with van der Waals surface area (Å²) in [5, 5.41) is 3.91. The highest BCUT2D eigenvalue weighted by atomic mass is 16.5. The number of pyridine rings is 1. The molecule has 2 N–H and O–H groups in total. The predicted molar refractivity (Wildman–Crippen MR) is 64.2 cm³/mol. The van der Waals surface area contributed by atoms with Gasteiger partial charge in [0.1, 0.15) is 5.69 Å². The number of nitrogens with zero attached hydrogens (tertiary/aromatic N) is 3. The summed E-state index contributed by atoms with van der Waals surface area (Å²) >= 11 is 0. The number of rotatable bonds is 3. The Kier molecular flexibility index (Phi) is 3.19. The molecule has 5 heteroatoms. The third kappa shape index (κ3) is 2.50. The zero-order chi connectivity index (χ0) is 12.4. The first-order valence-electron chi connectivity index (χ1n) is 5.65. The van der Waals surface area contributed by atoms with Gasteiger partial charge in [-0.15, -0.1) is 0 Å². The molecule has 0 saturated heterocycles. The molecule has 0 aliphatic heterocycles. The highest BCUT2D eigenvalue weighted by Gasteiger charge is 2.14. The minimum Gasteiger partial charge on any atom is -0.337 e.